The zero-order valence-corrected chi connectivity index (χ0v) is 11.7. The summed E-state index contributed by atoms with van der Waals surface area (Å²) in [5, 5.41) is 7.78. The summed E-state index contributed by atoms with van der Waals surface area (Å²) in [6.45, 7) is 0.0487. The Kier molecular flexibility index (Phi) is 3.61. The second kappa shape index (κ2) is 5.71. The molecule has 1 amide bonds. The van der Waals surface area contributed by atoms with E-state index in [1.54, 1.807) is 12.4 Å². The topological polar surface area (TPSA) is 98.7 Å². The lowest BCUT2D eigenvalue weighted by Gasteiger charge is -1.97. The second-order valence-corrected chi connectivity index (χ2v) is 5.06. The Morgan fingerprint density at radius 1 is 1.33 bits per heavy atom. The number of amides is 1. The first-order chi connectivity index (χ1) is 10.2. The molecule has 1 aromatic carbocycles. The van der Waals surface area contributed by atoms with Gasteiger partial charge in [0.25, 0.3) is 0 Å². The molecule has 0 radical (unpaired) electrons. The molecule has 8 heteroatoms. The van der Waals surface area contributed by atoms with Crippen molar-refractivity contribution in [3.63, 3.8) is 0 Å². The van der Waals surface area contributed by atoms with Crippen LogP contribution in [-0.2, 0) is 11.3 Å². The van der Waals surface area contributed by atoms with Gasteiger partial charge in [-0.2, -0.15) is 14.5 Å². The number of benzene rings is 1. The highest BCUT2D eigenvalue weighted by atomic mass is 32.1. The molecule has 2 heterocycles. The van der Waals surface area contributed by atoms with E-state index in [0.717, 1.165) is 11.3 Å². The number of primary amides is 1. The fourth-order valence-electron chi connectivity index (χ4n) is 1.78. The molecule has 21 heavy (non-hydrogen) atoms. The fraction of sp³-hybridized carbons (Fsp3) is 0.0769. The van der Waals surface area contributed by atoms with Crippen LogP contribution in [0, 0.1) is 0 Å². The Balaban J connectivity index is 1.73. The maximum absolute atomic E-state index is 10.8. The molecule has 3 rings (SSSR count). The lowest BCUT2D eigenvalue weighted by atomic mass is 10.2. The van der Waals surface area contributed by atoms with E-state index in [9.17, 15) is 4.79 Å². The molecule has 0 fully saturated rings. The average molecular weight is 300 g/mol. The molecule has 3 N–H and O–H groups in total. The highest BCUT2D eigenvalue weighted by Gasteiger charge is 2.07. The van der Waals surface area contributed by atoms with Gasteiger partial charge in [0, 0.05) is 23.3 Å². The van der Waals surface area contributed by atoms with Crippen molar-refractivity contribution >= 4 is 28.3 Å². The van der Waals surface area contributed by atoms with E-state index >= 15 is 0 Å². The van der Waals surface area contributed by atoms with Crippen LogP contribution < -0.4 is 11.1 Å². The monoisotopic (exact) mass is 300 g/mol. The zero-order chi connectivity index (χ0) is 14.7. The van der Waals surface area contributed by atoms with Gasteiger partial charge in [-0.05, 0) is 0 Å². The third kappa shape index (κ3) is 3.23. The number of hydrogen-bond donors (Lipinski definition) is 2. The molecule has 0 unspecified atom stereocenters. The van der Waals surface area contributed by atoms with Crippen molar-refractivity contribution in [3.05, 3.63) is 42.7 Å². The Labute approximate surface area is 124 Å². The van der Waals surface area contributed by atoms with Crippen molar-refractivity contribution in [1.29, 1.82) is 0 Å². The molecule has 0 saturated carbocycles. The SMILES string of the molecule is NC(=O)Cn1cc(Nc2nc(-c3ccccc3)ns2)cn1. The van der Waals surface area contributed by atoms with Crippen molar-refractivity contribution in [2.45, 2.75) is 6.54 Å². The van der Waals surface area contributed by atoms with E-state index in [4.69, 9.17) is 5.73 Å². The van der Waals surface area contributed by atoms with Crippen LogP contribution in [0.25, 0.3) is 11.4 Å². The number of nitrogens with one attached hydrogen (secondary N) is 1. The van der Waals surface area contributed by atoms with Crippen molar-refractivity contribution in [3.8, 4) is 11.4 Å². The van der Waals surface area contributed by atoms with Crippen molar-refractivity contribution < 1.29 is 4.79 Å². The number of nitrogens with zero attached hydrogens (tertiary/aromatic N) is 4. The fourth-order valence-corrected chi connectivity index (χ4v) is 2.39. The summed E-state index contributed by atoms with van der Waals surface area (Å²) in [4.78, 5) is 15.2. The highest BCUT2D eigenvalue weighted by Crippen LogP contribution is 2.23. The number of carbonyl (C=O) groups excluding carboxylic acids is 1. The van der Waals surface area contributed by atoms with E-state index in [-0.39, 0.29) is 6.54 Å². The number of rotatable bonds is 5. The first kappa shape index (κ1) is 13.3. The van der Waals surface area contributed by atoms with Crippen molar-refractivity contribution in [1.82, 2.24) is 19.1 Å². The molecular formula is C13H12N6OS. The zero-order valence-electron chi connectivity index (χ0n) is 10.9. The molecule has 0 aliphatic heterocycles. The number of hydrogen-bond acceptors (Lipinski definition) is 6. The summed E-state index contributed by atoms with van der Waals surface area (Å²) >= 11 is 1.26. The third-order valence-corrected chi connectivity index (χ3v) is 3.29. The van der Waals surface area contributed by atoms with Crippen LogP contribution in [0.1, 0.15) is 0 Å². The minimum absolute atomic E-state index is 0.0487. The Morgan fingerprint density at radius 3 is 2.90 bits per heavy atom. The van der Waals surface area contributed by atoms with Crippen LogP contribution in [-0.4, -0.2) is 25.0 Å². The molecule has 0 aliphatic rings. The predicted octanol–water partition coefficient (Wildman–Crippen LogP) is 1.63. The normalized spacial score (nSPS) is 10.5. The van der Waals surface area contributed by atoms with Crippen molar-refractivity contribution in [2.24, 2.45) is 5.73 Å². The van der Waals surface area contributed by atoms with E-state index < -0.39 is 5.91 Å². The van der Waals surface area contributed by atoms with Gasteiger partial charge in [0.1, 0.15) is 6.54 Å². The minimum atomic E-state index is -0.438. The van der Waals surface area contributed by atoms with Gasteiger partial charge in [0.15, 0.2) is 5.82 Å². The number of nitrogens with two attached hydrogens (primary N) is 1. The number of carbonyl (C=O) groups is 1. The molecular weight excluding hydrogens is 288 g/mol. The van der Waals surface area contributed by atoms with Crippen LogP contribution >= 0.6 is 11.5 Å². The van der Waals surface area contributed by atoms with Crippen LogP contribution in [0.4, 0.5) is 10.8 Å². The minimum Gasteiger partial charge on any atom is -0.368 e. The first-order valence-electron chi connectivity index (χ1n) is 6.17. The molecule has 0 saturated heterocycles. The van der Waals surface area contributed by atoms with E-state index in [1.807, 2.05) is 30.3 Å². The quantitative estimate of drug-likeness (QED) is 0.746. The maximum Gasteiger partial charge on any atom is 0.239 e. The highest BCUT2D eigenvalue weighted by molar-refractivity contribution is 7.09. The second-order valence-electron chi connectivity index (χ2n) is 4.31. The van der Waals surface area contributed by atoms with Crippen molar-refractivity contribution in [2.75, 3.05) is 5.32 Å². The van der Waals surface area contributed by atoms with Gasteiger partial charge in [-0.25, -0.2) is 0 Å². The molecule has 0 aliphatic carbocycles. The maximum atomic E-state index is 10.8. The van der Waals surface area contributed by atoms with Gasteiger partial charge in [-0.15, -0.1) is 0 Å². The lowest BCUT2D eigenvalue weighted by Crippen LogP contribution is -2.18. The summed E-state index contributed by atoms with van der Waals surface area (Å²) in [6, 6.07) is 9.74. The third-order valence-electron chi connectivity index (χ3n) is 2.66. The largest absolute Gasteiger partial charge is 0.368 e. The summed E-state index contributed by atoms with van der Waals surface area (Å²) in [6.07, 6.45) is 3.29. The molecule has 7 nitrogen and oxygen atoms in total. The number of aromatic nitrogens is 4. The first-order valence-corrected chi connectivity index (χ1v) is 6.95. The molecule has 3 aromatic rings. The van der Waals surface area contributed by atoms with E-state index in [2.05, 4.69) is 19.8 Å². The number of anilines is 2. The van der Waals surface area contributed by atoms with Crippen LogP contribution in [0.15, 0.2) is 42.7 Å². The smallest absolute Gasteiger partial charge is 0.239 e. The predicted molar refractivity (Wildman–Crippen MR) is 80.0 cm³/mol. The van der Waals surface area contributed by atoms with Gasteiger partial charge in [0.2, 0.25) is 11.0 Å². The Hall–Kier alpha value is -2.74. The Bertz CT molecular complexity index is 751. The van der Waals surface area contributed by atoms with E-state index in [1.165, 1.54) is 16.2 Å². The molecule has 0 atom stereocenters. The average Bonchev–Trinajstić information content (AvgIpc) is 3.09. The molecule has 0 bridgehead atoms. The van der Waals surface area contributed by atoms with Gasteiger partial charge in [-0.3, -0.25) is 9.48 Å². The summed E-state index contributed by atoms with van der Waals surface area (Å²) in [5.74, 6) is 0.236. The molecule has 106 valence electrons. The summed E-state index contributed by atoms with van der Waals surface area (Å²) in [7, 11) is 0. The summed E-state index contributed by atoms with van der Waals surface area (Å²) in [5.41, 5.74) is 6.81. The standard InChI is InChI=1S/C13H12N6OS/c14-11(20)8-19-7-10(6-15-19)16-13-17-12(18-21-13)9-4-2-1-3-5-9/h1-7H,8H2,(H2,14,20)(H,16,17,18). The molecule has 0 spiro atoms. The van der Waals surface area contributed by atoms with E-state index in [0.29, 0.717) is 11.0 Å². The van der Waals surface area contributed by atoms with Crippen LogP contribution in [0.5, 0.6) is 0 Å². The lowest BCUT2D eigenvalue weighted by molar-refractivity contribution is -0.118. The molecule has 2 aromatic heterocycles. The van der Waals surface area contributed by atoms with Gasteiger partial charge < -0.3 is 11.1 Å². The van der Waals surface area contributed by atoms with Crippen LogP contribution in [0.2, 0.25) is 0 Å². The summed E-state index contributed by atoms with van der Waals surface area (Å²) < 4.78 is 5.77. The van der Waals surface area contributed by atoms with Gasteiger partial charge >= 0.3 is 0 Å². The van der Waals surface area contributed by atoms with Gasteiger partial charge in [0.05, 0.1) is 11.9 Å². The van der Waals surface area contributed by atoms with Gasteiger partial charge in [-0.1, -0.05) is 30.3 Å². The Morgan fingerprint density at radius 2 is 2.14 bits per heavy atom. The van der Waals surface area contributed by atoms with Crippen LogP contribution in [0.3, 0.4) is 0 Å².